The van der Waals surface area contributed by atoms with Gasteiger partial charge in [-0.25, -0.2) is 9.79 Å². The largest absolute Gasteiger partial charge is 0.466 e. The SMILES string of the molecule is CCC1=C(C(=O)OC)C(c2cccc([N+](=O)[O-])c2)N2C(CC(=O)N3CCN(C(C)=O)CC3)=CSC2=N1. The zero-order valence-electron chi connectivity index (χ0n) is 20.3. The number of benzene rings is 1. The Balaban J connectivity index is 1.67. The number of nitro groups is 1. The lowest BCUT2D eigenvalue weighted by atomic mass is 9.92. The van der Waals surface area contributed by atoms with Gasteiger partial charge >= 0.3 is 5.97 Å². The van der Waals surface area contributed by atoms with Gasteiger partial charge in [-0.1, -0.05) is 30.8 Å². The minimum atomic E-state index is -0.733. The smallest absolute Gasteiger partial charge is 0.338 e. The number of methoxy groups -OCH3 is 1. The summed E-state index contributed by atoms with van der Waals surface area (Å²) >= 11 is 1.35. The van der Waals surface area contributed by atoms with Crippen LogP contribution in [0, 0.1) is 10.1 Å². The maximum Gasteiger partial charge on any atom is 0.338 e. The van der Waals surface area contributed by atoms with Crippen LogP contribution in [0.25, 0.3) is 0 Å². The number of ether oxygens (including phenoxy) is 1. The molecule has 11 nitrogen and oxygen atoms in total. The Hall–Kier alpha value is -3.67. The second-order valence-corrected chi connectivity index (χ2v) is 9.35. The van der Waals surface area contributed by atoms with Crippen molar-refractivity contribution in [1.29, 1.82) is 0 Å². The number of thioether (sulfide) groups is 1. The van der Waals surface area contributed by atoms with E-state index >= 15 is 0 Å². The molecule has 0 spiro atoms. The number of amidine groups is 1. The molecule has 3 aliphatic heterocycles. The zero-order valence-corrected chi connectivity index (χ0v) is 21.1. The van der Waals surface area contributed by atoms with Crippen LogP contribution < -0.4 is 0 Å². The summed E-state index contributed by atoms with van der Waals surface area (Å²) in [5, 5.41) is 13.9. The average Bonchev–Trinajstić information content (AvgIpc) is 3.29. The highest BCUT2D eigenvalue weighted by molar-refractivity contribution is 8.16. The number of nitro benzene ring substituents is 1. The van der Waals surface area contributed by atoms with Crippen LogP contribution in [0.2, 0.25) is 0 Å². The van der Waals surface area contributed by atoms with E-state index in [4.69, 9.17) is 4.74 Å². The Morgan fingerprint density at radius 3 is 2.50 bits per heavy atom. The molecular weight excluding hydrogens is 486 g/mol. The lowest BCUT2D eigenvalue weighted by Gasteiger charge is -2.38. The van der Waals surface area contributed by atoms with Gasteiger partial charge in [-0.05, 0) is 17.4 Å². The molecule has 12 heteroatoms. The molecular formula is C24H27N5O6S. The molecule has 36 heavy (non-hydrogen) atoms. The van der Waals surface area contributed by atoms with Gasteiger partial charge in [-0.3, -0.25) is 19.7 Å². The molecule has 0 N–H and O–H groups in total. The number of carbonyl (C=O) groups excluding carboxylic acids is 3. The molecule has 0 aromatic heterocycles. The second-order valence-electron chi connectivity index (χ2n) is 8.52. The van der Waals surface area contributed by atoms with Gasteiger partial charge < -0.3 is 19.4 Å². The van der Waals surface area contributed by atoms with Crippen molar-refractivity contribution in [3.63, 3.8) is 0 Å². The van der Waals surface area contributed by atoms with Crippen molar-refractivity contribution in [3.8, 4) is 0 Å². The molecule has 3 heterocycles. The zero-order chi connectivity index (χ0) is 26.0. The van der Waals surface area contributed by atoms with E-state index in [1.165, 1.54) is 37.9 Å². The van der Waals surface area contributed by atoms with Crippen LogP contribution in [0.5, 0.6) is 0 Å². The van der Waals surface area contributed by atoms with Gasteiger partial charge in [0.05, 0.1) is 35.8 Å². The van der Waals surface area contributed by atoms with Crippen LogP contribution in [-0.4, -0.2) is 75.9 Å². The van der Waals surface area contributed by atoms with E-state index in [0.29, 0.717) is 60.3 Å². The summed E-state index contributed by atoms with van der Waals surface area (Å²) in [5.74, 6) is -0.692. The number of allylic oxidation sites excluding steroid dienone is 1. The lowest BCUT2D eigenvalue weighted by Crippen LogP contribution is -2.50. The standard InChI is InChI=1S/C24H27N5O6S/c1-4-19-21(23(32)35-3)22(16-6-5-7-17(12-16)29(33)34)28-18(14-36-24(28)25-19)13-20(31)27-10-8-26(9-11-27)15(2)30/h5-7,12,14,22H,4,8-11,13H2,1-3H3. The fraction of sp³-hybridized carbons (Fsp3) is 0.417. The first-order valence-corrected chi connectivity index (χ1v) is 12.5. The summed E-state index contributed by atoms with van der Waals surface area (Å²) in [7, 11) is 1.28. The number of aliphatic imine (C=N–C) groups is 1. The quantitative estimate of drug-likeness (QED) is 0.323. The van der Waals surface area contributed by atoms with Gasteiger partial charge in [0.1, 0.15) is 0 Å². The Bertz CT molecular complexity index is 1200. The minimum absolute atomic E-state index is 0.0141. The van der Waals surface area contributed by atoms with Crippen LogP contribution in [0.15, 0.2) is 51.6 Å². The van der Waals surface area contributed by atoms with E-state index in [1.54, 1.807) is 26.8 Å². The third-order valence-corrected chi connectivity index (χ3v) is 7.32. The molecule has 0 saturated carbocycles. The first-order valence-electron chi connectivity index (χ1n) is 11.6. The van der Waals surface area contributed by atoms with Crippen molar-refractivity contribution < 1.29 is 24.0 Å². The second kappa shape index (κ2) is 10.5. The molecule has 1 fully saturated rings. The fourth-order valence-corrected chi connectivity index (χ4v) is 5.51. The van der Waals surface area contributed by atoms with Gasteiger partial charge in [0.2, 0.25) is 11.8 Å². The molecule has 3 aliphatic rings. The number of hydrogen-bond donors (Lipinski definition) is 0. The van der Waals surface area contributed by atoms with Gasteiger partial charge in [-0.2, -0.15) is 0 Å². The average molecular weight is 514 g/mol. The van der Waals surface area contributed by atoms with Crippen molar-refractivity contribution in [2.45, 2.75) is 32.7 Å². The molecule has 1 unspecified atom stereocenters. The number of nitrogens with zero attached hydrogens (tertiary/aromatic N) is 5. The molecule has 190 valence electrons. The van der Waals surface area contributed by atoms with Gasteiger partial charge in [-0.15, -0.1) is 0 Å². The van der Waals surface area contributed by atoms with E-state index in [1.807, 2.05) is 12.3 Å². The summed E-state index contributed by atoms with van der Waals surface area (Å²) < 4.78 is 5.08. The summed E-state index contributed by atoms with van der Waals surface area (Å²) in [6, 6.07) is 5.39. The molecule has 2 amide bonds. The minimum Gasteiger partial charge on any atom is -0.466 e. The van der Waals surface area contributed by atoms with Crippen molar-refractivity contribution in [3.05, 3.63) is 62.3 Å². The highest BCUT2D eigenvalue weighted by atomic mass is 32.2. The van der Waals surface area contributed by atoms with Crippen LogP contribution in [-0.2, 0) is 19.1 Å². The lowest BCUT2D eigenvalue weighted by molar-refractivity contribution is -0.384. The van der Waals surface area contributed by atoms with Crippen LogP contribution in [0.1, 0.15) is 38.3 Å². The topological polar surface area (TPSA) is 126 Å². The fourth-order valence-electron chi connectivity index (χ4n) is 4.57. The first-order chi connectivity index (χ1) is 17.2. The monoisotopic (exact) mass is 513 g/mol. The number of esters is 1. The number of non-ortho nitro benzene ring substituents is 1. The first kappa shape index (κ1) is 25.4. The van der Waals surface area contributed by atoms with E-state index < -0.39 is 16.9 Å². The Kier molecular flexibility index (Phi) is 7.43. The maximum absolute atomic E-state index is 13.2. The number of piperazine rings is 1. The predicted octanol–water partition coefficient (Wildman–Crippen LogP) is 2.81. The van der Waals surface area contributed by atoms with E-state index in [-0.39, 0.29) is 23.9 Å². The van der Waals surface area contributed by atoms with Crippen LogP contribution in [0.3, 0.4) is 0 Å². The normalized spacial score (nSPS) is 19.5. The number of carbonyl (C=O) groups is 3. The molecule has 0 radical (unpaired) electrons. The Morgan fingerprint density at radius 2 is 1.89 bits per heavy atom. The predicted molar refractivity (Wildman–Crippen MR) is 134 cm³/mol. The molecule has 1 atom stereocenters. The highest BCUT2D eigenvalue weighted by Gasteiger charge is 2.42. The molecule has 0 bridgehead atoms. The molecule has 4 rings (SSSR count). The molecule has 1 aromatic carbocycles. The number of hydrogen-bond acceptors (Lipinski definition) is 9. The van der Waals surface area contributed by atoms with E-state index in [9.17, 15) is 24.5 Å². The van der Waals surface area contributed by atoms with Crippen molar-refractivity contribution in [2.75, 3.05) is 33.3 Å². The van der Waals surface area contributed by atoms with Crippen molar-refractivity contribution in [2.24, 2.45) is 4.99 Å². The molecule has 0 aliphatic carbocycles. The van der Waals surface area contributed by atoms with Crippen molar-refractivity contribution in [1.82, 2.24) is 14.7 Å². The van der Waals surface area contributed by atoms with Crippen molar-refractivity contribution >= 4 is 40.4 Å². The Morgan fingerprint density at radius 1 is 1.19 bits per heavy atom. The third kappa shape index (κ3) is 4.85. The number of rotatable bonds is 6. The summed E-state index contributed by atoms with van der Waals surface area (Å²) in [4.78, 5) is 58.7. The number of fused-ring (bicyclic) bond motifs is 1. The van der Waals surface area contributed by atoms with E-state index in [2.05, 4.69) is 4.99 Å². The van der Waals surface area contributed by atoms with Crippen LogP contribution in [0.4, 0.5) is 5.69 Å². The van der Waals surface area contributed by atoms with Crippen LogP contribution >= 0.6 is 11.8 Å². The van der Waals surface area contributed by atoms with Gasteiger partial charge in [0.25, 0.3) is 5.69 Å². The van der Waals surface area contributed by atoms with Gasteiger partial charge in [0.15, 0.2) is 5.17 Å². The molecule has 1 saturated heterocycles. The van der Waals surface area contributed by atoms with Gasteiger partial charge in [0, 0.05) is 50.9 Å². The third-order valence-electron chi connectivity index (χ3n) is 6.44. The molecule has 1 aromatic rings. The summed E-state index contributed by atoms with van der Waals surface area (Å²) in [6.45, 7) is 5.25. The van der Waals surface area contributed by atoms with E-state index in [0.717, 1.165) is 0 Å². The summed E-state index contributed by atoms with van der Waals surface area (Å²) in [5.41, 5.74) is 1.90. The summed E-state index contributed by atoms with van der Waals surface area (Å²) in [6.07, 6.45) is 0.524. The number of amides is 2. The highest BCUT2D eigenvalue weighted by Crippen LogP contribution is 2.46. The maximum atomic E-state index is 13.2. The Labute approximate surface area is 212 Å².